The second-order valence-corrected chi connectivity index (χ2v) is 3.37. The standard InChI is InChI=1S/C13H18N2/c1-5-11-8-10(2)13(15-4)9-12(11)6-7-14-3/h5-9,14-15H,1H2,2-4H3/b7-6-. The quantitative estimate of drug-likeness (QED) is 0.784. The highest BCUT2D eigenvalue weighted by Crippen LogP contribution is 2.22. The van der Waals surface area contributed by atoms with E-state index in [-0.39, 0.29) is 0 Å². The average Bonchev–Trinajstić information content (AvgIpc) is 2.26. The fraction of sp³-hybridized carbons (Fsp3) is 0.231. The molecule has 0 saturated heterocycles. The molecule has 15 heavy (non-hydrogen) atoms. The summed E-state index contributed by atoms with van der Waals surface area (Å²) in [7, 11) is 3.82. The molecule has 2 heteroatoms. The maximum absolute atomic E-state index is 3.82. The number of hydrogen-bond acceptors (Lipinski definition) is 2. The summed E-state index contributed by atoms with van der Waals surface area (Å²) in [6.45, 7) is 5.91. The summed E-state index contributed by atoms with van der Waals surface area (Å²) in [6.07, 6.45) is 5.83. The monoisotopic (exact) mass is 202 g/mol. The first-order valence-electron chi connectivity index (χ1n) is 5.01. The predicted octanol–water partition coefficient (Wildman–Crippen LogP) is 2.87. The van der Waals surface area contributed by atoms with Crippen molar-refractivity contribution in [1.82, 2.24) is 5.32 Å². The van der Waals surface area contributed by atoms with E-state index in [1.807, 2.05) is 32.4 Å². The van der Waals surface area contributed by atoms with Gasteiger partial charge in [-0.3, -0.25) is 0 Å². The minimum atomic E-state index is 1.15. The SMILES string of the molecule is C=Cc1cc(C)c(NC)cc1/C=C\NC. The van der Waals surface area contributed by atoms with Crippen molar-refractivity contribution in [2.75, 3.05) is 19.4 Å². The molecule has 0 aliphatic rings. The summed E-state index contributed by atoms with van der Waals surface area (Å²) >= 11 is 0. The molecule has 0 spiro atoms. The molecule has 0 unspecified atom stereocenters. The summed E-state index contributed by atoms with van der Waals surface area (Å²) in [4.78, 5) is 0. The van der Waals surface area contributed by atoms with Gasteiger partial charge in [-0.2, -0.15) is 0 Å². The van der Waals surface area contributed by atoms with E-state index in [2.05, 4.69) is 36.3 Å². The lowest BCUT2D eigenvalue weighted by atomic mass is 10.0. The Morgan fingerprint density at radius 3 is 2.47 bits per heavy atom. The van der Waals surface area contributed by atoms with Crippen molar-refractivity contribution in [3.05, 3.63) is 41.6 Å². The summed E-state index contributed by atoms with van der Waals surface area (Å²) in [6, 6.07) is 4.26. The molecule has 1 aromatic carbocycles. The van der Waals surface area contributed by atoms with E-state index in [1.54, 1.807) is 0 Å². The molecular weight excluding hydrogens is 184 g/mol. The van der Waals surface area contributed by atoms with Crippen LogP contribution in [0.15, 0.2) is 24.9 Å². The Kier molecular flexibility index (Phi) is 3.98. The maximum atomic E-state index is 3.82. The van der Waals surface area contributed by atoms with Crippen LogP contribution in [0.1, 0.15) is 16.7 Å². The molecule has 0 aliphatic heterocycles. The largest absolute Gasteiger partial charge is 0.394 e. The zero-order chi connectivity index (χ0) is 11.3. The number of benzene rings is 1. The van der Waals surface area contributed by atoms with E-state index in [9.17, 15) is 0 Å². The molecule has 0 amide bonds. The minimum Gasteiger partial charge on any atom is -0.394 e. The third-order valence-electron chi connectivity index (χ3n) is 2.35. The van der Waals surface area contributed by atoms with E-state index >= 15 is 0 Å². The van der Waals surface area contributed by atoms with E-state index in [0.717, 1.165) is 16.8 Å². The average molecular weight is 202 g/mol. The number of nitrogens with one attached hydrogen (secondary N) is 2. The molecule has 2 N–H and O–H groups in total. The molecule has 0 heterocycles. The van der Waals surface area contributed by atoms with Crippen LogP contribution in [0.4, 0.5) is 5.69 Å². The highest BCUT2D eigenvalue weighted by atomic mass is 14.8. The number of aryl methyl sites for hydroxylation is 1. The first-order valence-corrected chi connectivity index (χ1v) is 5.01. The highest BCUT2D eigenvalue weighted by Gasteiger charge is 2.01. The molecule has 0 fully saturated rings. The maximum Gasteiger partial charge on any atom is 0.0373 e. The molecule has 80 valence electrons. The Morgan fingerprint density at radius 1 is 1.20 bits per heavy atom. The van der Waals surface area contributed by atoms with E-state index < -0.39 is 0 Å². The van der Waals surface area contributed by atoms with Crippen LogP contribution in [0.25, 0.3) is 12.2 Å². The number of rotatable bonds is 4. The van der Waals surface area contributed by atoms with E-state index in [0.29, 0.717) is 0 Å². The van der Waals surface area contributed by atoms with Crippen molar-refractivity contribution in [3.63, 3.8) is 0 Å². The van der Waals surface area contributed by atoms with Crippen molar-refractivity contribution in [1.29, 1.82) is 0 Å². The van der Waals surface area contributed by atoms with Crippen molar-refractivity contribution in [3.8, 4) is 0 Å². The van der Waals surface area contributed by atoms with Gasteiger partial charge in [-0.1, -0.05) is 12.7 Å². The van der Waals surface area contributed by atoms with Crippen LogP contribution in [-0.2, 0) is 0 Å². The van der Waals surface area contributed by atoms with Gasteiger partial charge in [-0.05, 0) is 48.0 Å². The molecule has 2 nitrogen and oxygen atoms in total. The lowest BCUT2D eigenvalue weighted by molar-refractivity contribution is 1.11. The van der Waals surface area contributed by atoms with Gasteiger partial charge in [0.05, 0.1) is 0 Å². The smallest absolute Gasteiger partial charge is 0.0373 e. The van der Waals surface area contributed by atoms with Crippen molar-refractivity contribution in [2.45, 2.75) is 6.92 Å². The molecule has 0 atom stereocenters. The fourth-order valence-corrected chi connectivity index (χ4v) is 1.51. The molecule has 1 rings (SSSR count). The number of anilines is 1. The van der Waals surface area contributed by atoms with Crippen LogP contribution in [0.5, 0.6) is 0 Å². The first-order chi connectivity index (χ1) is 7.22. The van der Waals surface area contributed by atoms with Gasteiger partial charge >= 0.3 is 0 Å². The van der Waals surface area contributed by atoms with Crippen LogP contribution in [-0.4, -0.2) is 14.1 Å². The Bertz CT molecular complexity index is 378. The summed E-state index contributed by atoms with van der Waals surface area (Å²) in [5, 5.41) is 6.16. The normalized spacial score (nSPS) is 10.3. The van der Waals surface area contributed by atoms with Gasteiger partial charge in [0.15, 0.2) is 0 Å². The zero-order valence-electron chi connectivity index (χ0n) is 9.59. The van der Waals surface area contributed by atoms with Crippen LogP contribution in [0.3, 0.4) is 0 Å². The van der Waals surface area contributed by atoms with Gasteiger partial charge in [0.2, 0.25) is 0 Å². The van der Waals surface area contributed by atoms with Crippen molar-refractivity contribution < 1.29 is 0 Å². The second-order valence-electron chi connectivity index (χ2n) is 3.37. The van der Waals surface area contributed by atoms with Gasteiger partial charge in [0.1, 0.15) is 0 Å². The third-order valence-corrected chi connectivity index (χ3v) is 2.35. The summed E-state index contributed by atoms with van der Waals surface area (Å²) in [5.41, 5.74) is 4.69. The van der Waals surface area contributed by atoms with Gasteiger partial charge < -0.3 is 10.6 Å². The summed E-state index contributed by atoms with van der Waals surface area (Å²) in [5.74, 6) is 0. The minimum absolute atomic E-state index is 1.15. The molecule has 0 bridgehead atoms. The Labute approximate surface area is 91.7 Å². The lowest BCUT2D eigenvalue weighted by Gasteiger charge is -2.09. The predicted molar refractivity (Wildman–Crippen MR) is 68.9 cm³/mol. The Morgan fingerprint density at radius 2 is 1.93 bits per heavy atom. The van der Waals surface area contributed by atoms with E-state index in [4.69, 9.17) is 0 Å². The van der Waals surface area contributed by atoms with E-state index in [1.165, 1.54) is 5.56 Å². The molecular formula is C13H18N2. The molecule has 1 aromatic rings. The van der Waals surface area contributed by atoms with Gasteiger partial charge in [0.25, 0.3) is 0 Å². The highest BCUT2D eigenvalue weighted by molar-refractivity contribution is 5.70. The van der Waals surface area contributed by atoms with Gasteiger partial charge in [-0.15, -0.1) is 0 Å². The second kappa shape index (κ2) is 5.25. The van der Waals surface area contributed by atoms with Crippen LogP contribution >= 0.6 is 0 Å². The van der Waals surface area contributed by atoms with Gasteiger partial charge in [-0.25, -0.2) is 0 Å². The molecule has 0 aliphatic carbocycles. The topological polar surface area (TPSA) is 24.1 Å². The first kappa shape index (κ1) is 11.4. The van der Waals surface area contributed by atoms with Crippen molar-refractivity contribution in [2.24, 2.45) is 0 Å². The fourth-order valence-electron chi connectivity index (χ4n) is 1.51. The number of hydrogen-bond donors (Lipinski definition) is 2. The van der Waals surface area contributed by atoms with Crippen LogP contribution in [0.2, 0.25) is 0 Å². The van der Waals surface area contributed by atoms with Gasteiger partial charge in [0, 0.05) is 19.8 Å². The Hall–Kier alpha value is -1.70. The van der Waals surface area contributed by atoms with Crippen LogP contribution < -0.4 is 10.6 Å². The van der Waals surface area contributed by atoms with Crippen molar-refractivity contribution >= 4 is 17.8 Å². The summed E-state index contributed by atoms with van der Waals surface area (Å²) < 4.78 is 0. The molecule has 0 aromatic heterocycles. The third kappa shape index (κ3) is 2.62. The van der Waals surface area contributed by atoms with Crippen LogP contribution in [0, 0.1) is 6.92 Å². The molecule has 0 radical (unpaired) electrons. The molecule has 0 saturated carbocycles. The zero-order valence-corrected chi connectivity index (χ0v) is 9.59. The Balaban J connectivity index is 3.22. The lowest BCUT2D eigenvalue weighted by Crippen LogP contribution is -1.95.